The zero-order valence-electron chi connectivity index (χ0n) is 10.3. The average Bonchev–Trinajstić information content (AvgIpc) is 2.21. The standard InChI is InChI=1S/C12H27NS/c1-5-8-12(13-9-6-2)10-14-11(4)7-3/h11-13H,5-10H2,1-4H3. The van der Waals surface area contributed by atoms with E-state index in [0.29, 0.717) is 0 Å². The molecule has 2 unspecified atom stereocenters. The summed E-state index contributed by atoms with van der Waals surface area (Å²) >= 11 is 2.11. The Morgan fingerprint density at radius 3 is 2.36 bits per heavy atom. The van der Waals surface area contributed by atoms with E-state index in [2.05, 4.69) is 44.8 Å². The molecule has 0 rings (SSSR count). The number of rotatable bonds is 9. The minimum Gasteiger partial charge on any atom is -0.313 e. The fourth-order valence-corrected chi connectivity index (χ4v) is 2.42. The molecule has 0 aliphatic heterocycles. The van der Waals surface area contributed by atoms with Gasteiger partial charge < -0.3 is 5.32 Å². The second-order valence-electron chi connectivity index (χ2n) is 3.99. The Bertz CT molecular complexity index is 117. The fraction of sp³-hybridized carbons (Fsp3) is 1.00. The van der Waals surface area contributed by atoms with Gasteiger partial charge in [0, 0.05) is 17.0 Å². The van der Waals surface area contributed by atoms with Gasteiger partial charge in [-0.15, -0.1) is 0 Å². The van der Waals surface area contributed by atoms with E-state index < -0.39 is 0 Å². The molecule has 14 heavy (non-hydrogen) atoms. The summed E-state index contributed by atoms with van der Waals surface area (Å²) in [5.41, 5.74) is 0. The Hall–Kier alpha value is 0.310. The Labute approximate surface area is 94.4 Å². The molecule has 0 aliphatic rings. The molecule has 0 bridgehead atoms. The van der Waals surface area contributed by atoms with E-state index in [0.717, 1.165) is 11.3 Å². The van der Waals surface area contributed by atoms with Gasteiger partial charge in [0.25, 0.3) is 0 Å². The van der Waals surface area contributed by atoms with E-state index >= 15 is 0 Å². The van der Waals surface area contributed by atoms with Gasteiger partial charge in [0.1, 0.15) is 0 Å². The summed E-state index contributed by atoms with van der Waals surface area (Å²) in [7, 11) is 0. The maximum absolute atomic E-state index is 3.63. The maximum Gasteiger partial charge on any atom is 0.0158 e. The molecule has 0 aliphatic carbocycles. The Kier molecular flexibility index (Phi) is 10.1. The third kappa shape index (κ3) is 7.69. The molecular weight excluding hydrogens is 190 g/mol. The molecule has 1 N–H and O–H groups in total. The normalized spacial score (nSPS) is 15.4. The van der Waals surface area contributed by atoms with E-state index in [-0.39, 0.29) is 0 Å². The van der Waals surface area contributed by atoms with Gasteiger partial charge in [-0.2, -0.15) is 11.8 Å². The van der Waals surface area contributed by atoms with Gasteiger partial charge in [0.15, 0.2) is 0 Å². The molecule has 0 amide bonds. The predicted octanol–water partition coefficient (Wildman–Crippen LogP) is 3.69. The highest BCUT2D eigenvalue weighted by Crippen LogP contribution is 2.16. The van der Waals surface area contributed by atoms with Crippen LogP contribution in [0.1, 0.15) is 53.4 Å². The lowest BCUT2D eigenvalue weighted by molar-refractivity contribution is 0.514. The van der Waals surface area contributed by atoms with Gasteiger partial charge in [-0.3, -0.25) is 0 Å². The Morgan fingerprint density at radius 1 is 1.14 bits per heavy atom. The van der Waals surface area contributed by atoms with Crippen molar-refractivity contribution in [2.45, 2.75) is 64.7 Å². The third-order valence-electron chi connectivity index (χ3n) is 2.48. The second-order valence-corrected chi connectivity index (χ2v) is 5.46. The van der Waals surface area contributed by atoms with Crippen molar-refractivity contribution in [1.29, 1.82) is 0 Å². The first kappa shape index (κ1) is 14.3. The van der Waals surface area contributed by atoms with E-state index in [1.807, 2.05) is 0 Å². The van der Waals surface area contributed by atoms with E-state index in [9.17, 15) is 0 Å². The van der Waals surface area contributed by atoms with Gasteiger partial charge in [-0.05, 0) is 25.8 Å². The lowest BCUT2D eigenvalue weighted by Gasteiger charge is -2.19. The van der Waals surface area contributed by atoms with E-state index in [1.54, 1.807) is 0 Å². The highest BCUT2D eigenvalue weighted by molar-refractivity contribution is 7.99. The number of nitrogens with one attached hydrogen (secondary N) is 1. The highest BCUT2D eigenvalue weighted by atomic mass is 32.2. The van der Waals surface area contributed by atoms with Crippen molar-refractivity contribution in [1.82, 2.24) is 5.32 Å². The van der Waals surface area contributed by atoms with Gasteiger partial charge in [0.05, 0.1) is 0 Å². The summed E-state index contributed by atoms with van der Waals surface area (Å²) in [5, 5.41) is 4.45. The van der Waals surface area contributed by atoms with Crippen molar-refractivity contribution in [3.05, 3.63) is 0 Å². The van der Waals surface area contributed by atoms with Crippen LogP contribution in [0.15, 0.2) is 0 Å². The van der Waals surface area contributed by atoms with Crippen LogP contribution in [0, 0.1) is 0 Å². The molecule has 2 heteroatoms. The summed E-state index contributed by atoms with van der Waals surface area (Å²) in [4.78, 5) is 0. The fourth-order valence-electron chi connectivity index (χ4n) is 1.34. The summed E-state index contributed by atoms with van der Waals surface area (Å²) in [5.74, 6) is 1.28. The zero-order chi connectivity index (χ0) is 10.8. The van der Waals surface area contributed by atoms with Crippen LogP contribution < -0.4 is 5.32 Å². The summed E-state index contributed by atoms with van der Waals surface area (Å²) in [6.45, 7) is 10.3. The SMILES string of the molecule is CCCNC(CCC)CSC(C)CC. The van der Waals surface area contributed by atoms with Crippen LogP contribution in [0.5, 0.6) is 0 Å². The monoisotopic (exact) mass is 217 g/mol. The van der Waals surface area contributed by atoms with Crippen LogP contribution >= 0.6 is 11.8 Å². The topological polar surface area (TPSA) is 12.0 Å². The van der Waals surface area contributed by atoms with Crippen LogP contribution in [0.4, 0.5) is 0 Å². The lowest BCUT2D eigenvalue weighted by Crippen LogP contribution is -2.32. The van der Waals surface area contributed by atoms with Crippen LogP contribution in [0.3, 0.4) is 0 Å². The average molecular weight is 217 g/mol. The Balaban J connectivity index is 3.60. The largest absolute Gasteiger partial charge is 0.313 e. The van der Waals surface area contributed by atoms with Crippen molar-refractivity contribution in [3.63, 3.8) is 0 Å². The molecule has 0 saturated carbocycles. The molecule has 0 aromatic heterocycles. The smallest absolute Gasteiger partial charge is 0.0158 e. The summed E-state index contributed by atoms with van der Waals surface area (Å²) < 4.78 is 0. The van der Waals surface area contributed by atoms with Crippen molar-refractivity contribution in [2.75, 3.05) is 12.3 Å². The second kappa shape index (κ2) is 9.85. The van der Waals surface area contributed by atoms with E-state index in [4.69, 9.17) is 0 Å². The molecule has 86 valence electrons. The molecular formula is C12H27NS. The number of thioether (sulfide) groups is 1. The van der Waals surface area contributed by atoms with Crippen molar-refractivity contribution >= 4 is 11.8 Å². The van der Waals surface area contributed by atoms with Crippen LogP contribution in [0.2, 0.25) is 0 Å². The molecule has 0 aromatic carbocycles. The van der Waals surface area contributed by atoms with Gasteiger partial charge >= 0.3 is 0 Å². The highest BCUT2D eigenvalue weighted by Gasteiger charge is 2.08. The maximum atomic E-state index is 3.63. The van der Waals surface area contributed by atoms with Crippen molar-refractivity contribution < 1.29 is 0 Å². The predicted molar refractivity (Wildman–Crippen MR) is 69.2 cm³/mol. The van der Waals surface area contributed by atoms with E-state index in [1.165, 1.54) is 38.0 Å². The molecule has 0 aromatic rings. The van der Waals surface area contributed by atoms with Crippen molar-refractivity contribution in [3.8, 4) is 0 Å². The first-order chi connectivity index (χ1) is 6.74. The van der Waals surface area contributed by atoms with Gasteiger partial charge in [0.2, 0.25) is 0 Å². The van der Waals surface area contributed by atoms with Gasteiger partial charge in [-0.1, -0.05) is 34.1 Å². The summed E-state index contributed by atoms with van der Waals surface area (Å²) in [6, 6.07) is 0.735. The van der Waals surface area contributed by atoms with Crippen LogP contribution in [-0.4, -0.2) is 23.6 Å². The molecule has 0 fully saturated rings. The molecule has 0 heterocycles. The molecule has 2 atom stereocenters. The zero-order valence-corrected chi connectivity index (χ0v) is 11.1. The lowest BCUT2D eigenvalue weighted by atomic mass is 10.2. The summed E-state index contributed by atoms with van der Waals surface area (Å²) in [6.07, 6.45) is 5.15. The Morgan fingerprint density at radius 2 is 1.86 bits per heavy atom. The van der Waals surface area contributed by atoms with Crippen LogP contribution in [0.25, 0.3) is 0 Å². The van der Waals surface area contributed by atoms with Crippen molar-refractivity contribution in [2.24, 2.45) is 0 Å². The minimum atomic E-state index is 0.735. The first-order valence-electron chi connectivity index (χ1n) is 6.09. The van der Waals surface area contributed by atoms with Crippen LogP contribution in [-0.2, 0) is 0 Å². The number of hydrogen-bond donors (Lipinski definition) is 1. The quantitative estimate of drug-likeness (QED) is 0.632. The first-order valence-corrected chi connectivity index (χ1v) is 7.14. The van der Waals surface area contributed by atoms with Gasteiger partial charge in [-0.25, -0.2) is 0 Å². The molecule has 0 spiro atoms. The molecule has 0 radical (unpaired) electrons. The number of hydrogen-bond acceptors (Lipinski definition) is 2. The molecule has 0 saturated heterocycles. The third-order valence-corrected chi connectivity index (χ3v) is 3.97. The molecule has 1 nitrogen and oxygen atoms in total. The minimum absolute atomic E-state index is 0.735.